The third kappa shape index (κ3) is 4.08. The third-order valence-electron chi connectivity index (χ3n) is 3.93. The maximum absolute atomic E-state index is 12.4. The quantitative estimate of drug-likeness (QED) is 0.736. The molecule has 0 unspecified atom stereocenters. The first-order chi connectivity index (χ1) is 12.5. The average Bonchev–Trinajstić information content (AvgIpc) is 3.14. The predicted octanol–water partition coefficient (Wildman–Crippen LogP) is 3.72. The van der Waals surface area contributed by atoms with E-state index in [1.807, 2.05) is 25.1 Å². The van der Waals surface area contributed by atoms with Gasteiger partial charge in [-0.1, -0.05) is 26.0 Å². The minimum Gasteiger partial charge on any atom is -0.483 e. The largest absolute Gasteiger partial charge is 0.483 e. The second-order valence-electron chi connectivity index (χ2n) is 6.36. The van der Waals surface area contributed by atoms with E-state index in [0.29, 0.717) is 17.4 Å². The van der Waals surface area contributed by atoms with Gasteiger partial charge in [-0.15, -0.1) is 0 Å². The van der Waals surface area contributed by atoms with Gasteiger partial charge in [-0.05, 0) is 48.2 Å². The smallest absolute Gasteiger partial charge is 0.262 e. The Kier molecular flexibility index (Phi) is 5.31. The first-order valence-corrected chi connectivity index (χ1v) is 8.53. The highest BCUT2D eigenvalue weighted by molar-refractivity contribution is 5.93. The molecule has 26 heavy (non-hydrogen) atoms. The van der Waals surface area contributed by atoms with E-state index in [1.54, 1.807) is 41.5 Å². The zero-order valence-electron chi connectivity index (χ0n) is 15.1. The van der Waals surface area contributed by atoms with Gasteiger partial charge in [0.1, 0.15) is 5.75 Å². The SMILES string of the molecule is Cc1ccc(C(C)C)c(OCC(=O)Nc2cccnc2-n2cccn2)c1. The van der Waals surface area contributed by atoms with Gasteiger partial charge in [0.05, 0.1) is 5.69 Å². The van der Waals surface area contributed by atoms with Crippen LogP contribution in [-0.4, -0.2) is 27.3 Å². The van der Waals surface area contributed by atoms with Gasteiger partial charge in [0.15, 0.2) is 12.4 Å². The van der Waals surface area contributed by atoms with Gasteiger partial charge in [0, 0.05) is 18.6 Å². The molecule has 0 saturated carbocycles. The Morgan fingerprint density at radius 3 is 2.81 bits per heavy atom. The molecule has 6 nitrogen and oxygen atoms in total. The third-order valence-corrected chi connectivity index (χ3v) is 3.93. The molecular formula is C20H22N4O2. The summed E-state index contributed by atoms with van der Waals surface area (Å²) < 4.78 is 7.39. The first-order valence-electron chi connectivity index (χ1n) is 8.53. The Hall–Kier alpha value is -3.15. The topological polar surface area (TPSA) is 69.0 Å². The summed E-state index contributed by atoms with van der Waals surface area (Å²) in [5, 5.41) is 7.01. The molecule has 0 saturated heterocycles. The molecule has 0 aliphatic rings. The lowest BCUT2D eigenvalue weighted by atomic mass is 10.0. The molecule has 0 spiro atoms. The van der Waals surface area contributed by atoms with Crippen molar-refractivity contribution in [3.63, 3.8) is 0 Å². The van der Waals surface area contributed by atoms with Crippen LogP contribution in [0.1, 0.15) is 30.9 Å². The van der Waals surface area contributed by atoms with Crippen LogP contribution in [0, 0.1) is 6.92 Å². The van der Waals surface area contributed by atoms with Crippen molar-refractivity contribution >= 4 is 11.6 Å². The van der Waals surface area contributed by atoms with E-state index in [4.69, 9.17) is 4.74 Å². The molecule has 134 valence electrons. The van der Waals surface area contributed by atoms with Crippen molar-refractivity contribution in [3.8, 4) is 11.6 Å². The summed E-state index contributed by atoms with van der Waals surface area (Å²) in [7, 11) is 0. The zero-order valence-corrected chi connectivity index (χ0v) is 15.1. The van der Waals surface area contributed by atoms with Crippen LogP contribution in [-0.2, 0) is 4.79 Å². The van der Waals surface area contributed by atoms with E-state index in [-0.39, 0.29) is 12.5 Å². The fourth-order valence-corrected chi connectivity index (χ4v) is 2.64. The van der Waals surface area contributed by atoms with E-state index < -0.39 is 0 Å². The highest BCUT2D eigenvalue weighted by Gasteiger charge is 2.13. The standard InChI is InChI=1S/C20H22N4O2/c1-14(2)16-8-7-15(3)12-18(16)26-13-19(25)23-17-6-4-9-21-20(17)24-11-5-10-22-24/h4-12,14H,13H2,1-3H3,(H,23,25). The van der Waals surface area contributed by atoms with E-state index >= 15 is 0 Å². The van der Waals surface area contributed by atoms with Gasteiger partial charge in [-0.3, -0.25) is 4.79 Å². The molecule has 1 N–H and O–H groups in total. The normalized spacial score (nSPS) is 10.8. The Balaban J connectivity index is 1.71. The molecule has 0 bridgehead atoms. The van der Waals surface area contributed by atoms with Gasteiger partial charge < -0.3 is 10.1 Å². The van der Waals surface area contributed by atoms with E-state index in [0.717, 1.165) is 16.9 Å². The summed E-state index contributed by atoms with van der Waals surface area (Å²) in [5.41, 5.74) is 2.76. The molecule has 0 aliphatic heterocycles. The van der Waals surface area contributed by atoms with Crippen LogP contribution < -0.4 is 10.1 Å². The van der Waals surface area contributed by atoms with Crippen LogP contribution in [0.15, 0.2) is 55.0 Å². The van der Waals surface area contributed by atoms with Crippen LogP contribution in [0.25, 0.3) is 5.82 Å². The van der Waals surface area contributed by atoms with Crippen LogP contribution >= 0.6 is 0 Å². The number of ether oxygens (including phenoxy) is 1. The Labute approximate surface area is 152 Å². The number of carbonyl (C=O) groups is 1. The molecule has 3 rings (SSSR count). The van der Waals surface area contributed by atoms with Crippen LogP contribution in [0.2, 0.25) is 0 Å². The summed E-state index contributed by atoms with van der Waals surface area (Å²) in [5.74, 6) is 1.37. The summed E-state index contributed by atoms with van der Waals surface area (Å²) in [4.78, 5) is 16.7. The van der Waals surface area contributed by atoms with E-state index in [2.05, 4.69) is 29.2 Å². The van der Waals surface area contributed by atoms with Gasteiger partial charge in [-0.25, -0.2) is 9.67 Å². The maximum atomic E-state index is 12.4. The van der Waals surface area contributed by atoms with Crippen LogP contribution in [0.5, 0.6) is 5.75 Å². The number of amides is 1. The molecule has 2 heterocycles. The number of aryl methyl sites for hydroxylation is 1. The number of hydrogen-bond acceptors (Lipinski definition) is 4. The van der Waals surface area contributed by atoms with Gasteiger partial charge >= 0.3 is 0 Å². The second kappa shape index (κ2) is 7.82. The Morgan fingerprint density at radius 1 is 1.23 bits per heavy atom. The van der Waals surface area contributed by atoms with Gasteiger partial charge in [-0.2, -0.15) is 5.10 Å². The number of rotatable bonds is 6. The van der Waals surface area contributed by atoms with Crippen molar-refractivity contribution in [2.45, 2.75) is 26.7 Å². The molecule has 0 aliphatic carbocycles. The van der Waals surface area contributed by atoms with Crippen molar-refractivity contribution in [1.82, 2.24) is 14.8 Å². The van der Waals surface area contributed by atoms with Crippen molar-refractivity contribution in [1.29, 1.82) is 0 Å². The van der Waals surface area contributed by atoms with Crippen molar-refractivity contribution in [3.05, 3.63) is 66.1 Å². The molecule has 2 aromatic heterocycles. The number of carbonyl (C=O) groups excluding carboxylic acids is 1. The minimum absolute atomic E-state index is 0.0728. The number of nitrogens with one attached hydrogen (secondary N) is 1. The molecule has 1 amide bonds. The number of nitrogens with zero attached hydrogens (tertiary/aromatic N) is 3. The van der Waals surface area contributed by atoms with Crippen LogP contribution in [0.3, 0.4) is 0 Å². The zero-order chi connectivity index (χ0) is 18.5. The Bertz CT molecular complexity index is 889. The number of benzene rings is 1. The summed E-state index contributed by atoms with van der Waals surface area (Å²) in [6.07, 6.45) is 5.09. The van der Waals surface area contributed by atoms with Gasteiger partial charge in [0.2, 0.25) is 0 Å². The van der Waals surface area contributed by atoms with Crippen LogP contribution in [0.4, 0.5) is 5.69 Å². The van der Waals surface area contributed by atoms with Crippen molar-refractivity contribution < 1.29 is 9.53 Å². The molecule has 0 radical (unpaired) electrons. The molecule has 6 heteroatoms. The van der Waals surface area contributed by atoms with Gasteiger partial charge in [0.25, 0.3) is 5.91 Å². The molecule has 0 fully saturated rings. The van der Waals surface area contributed by atoms with E-state index in [9.17, 15) is 4.79 Å². The Morgan fingerprint density at radius 2 is 2.08 bits per heavy atom. The lowest BCUT2D eigenvalue weighted by Gasteiger charge is -2.15. The maximum Gasteiger partial charge on any atom is 0.262 e. The summed E-state index contributed by atoms with van der Waals surface area (Å²) >= 11 is 0. The fourth-order valence-electron chi connectivity index (χ4n) is 2.64. The monoisotopic (exact) mass is 350 g/mol. The number of aromatic nitrogens is 3. The highest BCUT2D eigenvalue weighted by atomic mass is 16.5. The highest BCUT2D eigenvalue weighted by Crippen LogP contribution is 2.27. The second-order valence-corrected chi connectivity index (χ2v) is 6.36. The lowest BCUT2D eigenvalue weighted by molar-refractivity contribution is -0.118. The minimum atomic E-state index is -0.248. The van der Waals surface area contributed by atoms with Crippen molar-refractivity contribution in [2.75, 3.05) is 11.9 Å². The van der Waals surface area contributed by atoms with E-state index in [1.165, 1.54) is 0 Å². The number of hydrogen-bond donors (Lipinski definition) is 1. The summed E-state index contributed by atoms with van der Waals surface area (Å²) in [6, 6.07) is 11.4. The summed E-state index contributed by atoms with van der Waals surface area (Å²) in [6.45, 7) is 6.13. The first kappa shape index (κ1) is 17.7. The predicted molar refractivity (Wildman–Crippen MR) is 101 cm³/mol. The molecular weight excluding hydrogens is 328 g/mol. The molecule has 3 aromatic rings. The fraction of sp³-hybridized carbons (Fsp3) is 0.250. The number of pyridine rings is 1. The average molecular weight is 350 g/mol. The van der Waals surface area contributed by atoms with Crippen molar-refractivity contribution in [2.24, 2.45) is 0 Å². The lowest BCUT2D eigenvalue weighted by Crippen LogP contribution is -2.22. The molecule has 1 aromatic carbocycles. The molecule has 0 atom stereocenters. The number of anilines is 1.